The molecule has 0 bridgehead atoms. The van der Waals surface area contributed by atoms with Crippen LogP contribution in [-0.2, 0) is 0 Å². The molecule has 1 fully saturated rings. The predicted octanol–water partition coefficient (Wildman–Crippen LogP) is 0.270. The highest BCUT2D eigenvalue weighted by atomic mass is 15.3. The summed E-state index contributed by atoms with van der Waals surface area (Å²) in [6.45, 7) is 4.18. The highest BCUT2D eigenvalue weighted by molar-refractivity contribution is 5.41. The predicted molar refractivity (Wildman–Crippen MR) is 61.3 cm³/mol. The van der Waals surface area contributed by atoms with E-state index in [0.717, 1.165) is 37.8 Å². The molecule has 15 heavy (non-hydrogen) atoms. The van der Waals surface area contributed by atoms with Crippen molar-refractivity contribution < 1.29 is 0 Å². The first-order valence-corrected chi connectivity index (χ1v) is 5.23. The van der Waals surface area contributed by atoms with Gasteiger partial charge in [0.2, 0.25) is 5.95 Å². The second-order valence-electron chi connectivity index (χ2n) is 3.81. The summed E-state index contributed by atoms with van der Waals surface area (Å²) in [5.74, 6) is 0.835. The minimum absolute atomic E-state index is 0.835. The van der Waals surface area contributed by atoms with Gasteiger partial charge in [0.15, 0.2) is 0 Å². The Morgan fingerprint density at radius 3 is 2.27 bits per heavy atom. The van der Waals surface area contributed by atoms with Gasteiger partial charge in [0.25, 0.3) is 0 Å². The van der Waals surface area contributed by atoms with Gasteiger partial charge in [-0.2, -0.15) is 0 Å². The molecule has 5 nitrogen and oxygen atoms in total. The van der Waals surface area contributed by atoms with Gasteiger partial charge < -0.3 is 15.1 Å². The smallest absolute Gasteiger partial charge is 0.225 e. The number of piperazine rings is 1. The van der Waals surface area contributed by atoms with Crippen LogP contribution in [-0.4, -0.2) is 55.1 Å². The molecule has 0 spiro atoms. The van der Waals surface area contributed by atoms with Crippen LogP contribution in [0.4, 0.5) is 11.6 Å². The van der Waals surface area contributed by atoms with Gasteiger partial charge in [-0.15, -0.1) is 0 Å². The van der Waals surface area contributed by atoms with Crippen LogP contribution in [0.15, 0.2) is 12.4 Å². The number of nitrogens with one attached hydrogen (secondary N) is 1. The van der Waals surface area contributed by atoms with Crippen molar-refractivity contribution >= 4 is 11.6 Å². The number of hydrogen-bond acceptors (Lipinski definition) is 5. The zero-order valence-electron chi connectivity index (χ0n) is 9.27. The summed E-state index contributed by atoms with van der Waals surface area (Å²) in [5, 5.41) is 3.01. The molecular weight excluding hydrogens is 190 g/mol. The van der Waals surface area contributed by atoms with Gasteiger partial charge in [-0.3, -0.25) is 0 Å². The molecule has 1 aliphatic heterocycles. The van der Waals surface area contributed by atoms with E-state index in [0.29, 0.717) is 0 Å². The Morgan fingerprint density at radius 1 is 1.13 bits per heavy atom. The van der Waals surface area contributed by atoms with Gasteiger partial charge in [-0.25, -0.2) is 9.97 Å². The monoisotopic (exact) mass is 207 g/mol. The van der Waals surface area contributed by atoms with Gasteiger partial charge in [-0.1, -0.05) is 0 Å². The van der Waals surface area contributed by atoms with Crippen LogP contribution in [0.25, 0.3) is 0 Å². The van der Waals surface area contributed by atoms with Crippen molar-refractivity contribution in [3.05, 3.63) is 12.4 Å². The molecule has 5 heteroatoms. The van der Waals surface area contributed by atoms with Crippen molar-refractivity contribution in [3.63, 3.8) is 0 Å². The van der Waals surface area contributed by atoms with E-state index in [4.69, 9.17) is 0 Å². The van der Waals surface area contributed by atoms with Crippen LogP contribution >= 0.6 is 0 Å². The van der Waals surface area contributed by atoms with Gasteiger partial charge in [0.05, 0.1) is 18.1 Å². The third-order valence-corrected chi connectivity index (χ3v) is 2.71. The number of rotatable bonds is 2. The lowest BCUT2D eigenvalue weighted by Gasteiger charge is -2.32. The van der Waals surface area contributed by atoms with Gasteiger partial charge in [-0.05, 0) is 7.05 Å². The van der Waals surface area contributed by atoms with E-state index in [1.165, 1.54) is 0 Å². The van der Waals surface area contributed by atoms with Crippen LogP contribution in [0.3, 0.4) is 0 Å². The lowest BCUT2D eigenvalue weighted by molar-refractivity contribution is 0.311. The quantitative estimate of drug-likeness (QED) is 0.754. The van der Waals surface area contributed by atoms with Crippen molar-refractivity contribution in [2.75, 3.05) is 50.5 Å². The van der Waals surface area contributed by atoms with Crippen molar-refractivity contribution in [1.29, 1.82) is 0 Å². The lowest BCUT2D eigenvalue weighted by Crippen LogP contribution is -2.45. The van der Waals surface area contributed by atoms with E-state index in [1.54, 1.807) is 0 Å². The largest absolute Gasteiger partial charge is 0.386 e. The lowest BCUT2D eigenvalue weighted by atomic mass is 10.3. The van der Waals surface area contributed by atoms with Crippen LogP contribution < -0.4 is 10.2 Å². The molecular formula is C10H17N5. The van der Waals surface area contributed by atoms with Crippen LogP contribution in [0, 0.1) is 0 Å². The first-order chi connectivity index (χ1) is 7.29. The topological polar surface area (TPSA) is 44.3 Å². The molecule has 1 N–H and O–H groups in total. The fourth-order valence-corrected chi connectivity index (χ4v) is 1.62. The molecule has 0 aromatic carbocycles. The Labute approximate surface area is 90.1 Å². The summed E-state index contributed by atoms with van der Waals surface area (Å²) in [5.41, 5.74) is 0.952. The SMILES string of the molecule is CNc1cnc(N2CCN(C)CC2)nc1. The fraction of sp³-hybridized carbons (Fsp3) is 0.600. The molecule has 1 aromatic rings. The second kappa shape index (κ2) is 4.44. The maximum atomic E-state index is 4.33. The van der Waals surface area contributed by atoms with Crippen molar-refractivity contribution in [1.82, 2.24) is 14.9 Å². The minimum Gasteiger partial charge on any atom is -0.386 e. The van der Waals surface area contributed by atoms with Gasteiger partial charge in [0, 0.05) is 33.2 Å². The molecule has 2 rings (SSSR count). The van der Waals surface area contributed by atoms with Crippen LogP contribution in [0.2, 0.25) is 0 Å². The Bertz CT molecular complexity index is 302. The third-order valence-electron chi connectivity index (χ3n) is 2.71. The molecule has 0 amide bonds. The number of nitrogens with zero attached hydrogens (tertiary/aromatic N) is 4. The highest BCUT2D eigenvalue weighted by Crippen LogP contribution is 2.11. The number of anilines is 2. The van der Waals surface area contributed by atoms with Gasteiger partial charge in [0.1, 0.15) is 0 Å². The maximum Gasteiger partial charge on any atom is 0.225 e. The molecule has 1 aromatic heterocycles. The second-order valence-corrected chi connectivity index (χ2v) is 3.81. The fourth-order valence-electron chi connectivity index (χ4n) is 1.62. The van der Waals surface area contributed by atoms with Crippen LogP contribution in [0.1, 0.15) is 0 Å². The van der Waals surface area contributed by atoms with Gasteiger partial charge >= 0.3 is 0 Å². The summed E-state index contributed by atoms with van der Waals surface area (Å²) in [6, 6.07) is 0. The Balaban J connectivity index is 2.03. The average Bonchev–Trinajstić information content (AvgIpc) is 2.30. The molecule has 0 atom stereocenters. The minimum atomic E-state index is 0.835. The van der Waals surface area contributed by atoms with E-state index in [2.05, 4.69) is 32.1 Å². The third kappa shape index (κ3) is 2.36. The van der Waals surface area contributed by atoms with Crippen molar-refractivity contribution in [2.45, 2.75) is 0 Å². The highest BCUT2D eigenvalue weighted by Gasteiger charge is 2.15. The van der Waals surface area contributed by atoms with E-state index >= 15 is 0 Å². The molecule has 1 aliphatic rings. The maximum absolute atomic E-state index is 4.33. The first-order valence-electron chi connectivity index (χ1n) is 5.23. The van der Waals surface area contributed by atoms with Crippen molar-refractivity contribution in [2.24, 2.45) is 0 Å². The normalized spacial score (nSPS) is 17.9. The molecule has 2 heterocycles. The molecule has 0 unspecified atom stereocenters. The average molecular weight is 207 g/mol. The van der Waals surface area contributed by atoms with E-state index < -0.39 is 0 Å². The zero-order valence-corrected chi connectivity index (χ0v) is 9.27. The summed E-state index contributed by atoms with van der Waals surface area (Å²) in [6.07, 6.45) is 3.64. The van der Waals surface area contributed by atoms with E-state index in [1.807, 2.05) is 19.4 Å². The van der Waals surface area contributed by atoms with Crippen molar-refractivity contribution in [3.8, 4) is 0 Å². The van der Waals surface area contributed by atoms with E-state index in [-0.39, 0.29) is 0 Å². The Hall–Kier alpha value is -1.36. The Morgan fingerprint density at radius 2 is 1.73 bits per heavy atom. The number of aromatic nitrogens is 2. The summed E-state index contributed by atoms with van der Waals surface area (Å²) in [4.78, 5) is 13.2. The summed E-state index contributed by atoms with van der Waals surface area (Å²) in [7, 11) is 4.01. The van der Waals surface area contributed by atoms with Crippen LogP contribution in [0.5, 0.6) is 0 Å². The molecule has 1 saturated heterocycles. The Kier molecular flexibility index (Phi) is 3.01. The standard InChI is InChI=1S/C10H17N5/c1-11-9-7-12-10(13-8-9)15-5-3-14(2)4-6-15/h7-8,11H,3-6H2,1-2H3. The van der Waals surface area contributed by atoms with E-state index in [9.17, 15) is 0 Å². The first kappa shape index (κ1) is 10.2. The zero-order chi connectivity index (χ0) is 10.7. The number of hydrogen-bond donors (Lipinski definition) is 1. The molecule has 82 valence electrons. The molecule has 0 aliphatic carbocycles. The molecule has 0 radical (unpaired) electrons. The summed E-state index contributed by atoms with van der Waals surface area (Å²) >= 11 is 0. The summed E-state index contributed by atoms with van der Waals surface area (Å²) < 4.78 is 0. The number of likely N-dealkylation sites (N-methyl/N-ethyl adjacent to an activating group) is 1. The molecule has 0 saturated carbocycles.